The van der Waals surface area contributed by atoms with E-state index in [-0.39, 0.29) is 17.1 Å². The lowest BCUT2D eigenvalue weighted by Crippen LogP contribution is -2.30. The maximum Gasteiger partial charge on any atom is 0.240 e. The van der Waals surface area contributed by atoms with Crippen molar-refractivity contribution < 1.29 is 9.59 Å². The number of hydrogen-bond donors (Lipinski definition) is 0. The third-order valence-electron chi connectivity index (χ3n) is 6.43. The van der Waals surface area contributed by atoms with Gasteiger partial charge in [0.05, 0.1) is 5.25 Å². The summed E-state index contributed by atoms with van der Waals surface area (Å²) in [6, 6.07) is 38.0. The van der Waals surface area contributed by atoms with E-state index in [4.69, 9.17) is 0 Å². The Kier molecular flexibility index (Phi) is 7.44. The van der Waals surface area contributed by atoms with Crippen LogP contribution >= 0.6 is 11.8 Å². The first kappa shape index (κ1) is 23.8. The molecule has 1 fully saturated rings. The number of benzene rings is 4. The molecule has 0 saturated carbocycles. The average Bonchev–Trinajstić information content (AvgIpc) is 3.22. The molecule has 1 aliphatic rings. The average molecular weight is 490 g/mol. The van der Waals surface area contributed by atoms with Crippen LogP contribution in [0.2, 0.25) is 0 Å². The van der Waals surface area contributed by atoms with Crippen LogP contribution in [0.3, 0.4) is 0 Å². The van der Waals surface area contributed by atoms with E-state index in [0.29, 0.717) is 12.0 Å². The molecule has 1 heterocycles. The van der Waals surface area contributed by atoms with E-state index < -0.39 is 5.25 Å². The maximum atomic E-state index is 13.4. The molecule has 4 heteroatoms. The fraction of sp³-hybridized carbons (Fsp3) is 0.125. The molecule has 0 aromatic heterocycles. The van der Waals surface area contributed by atoms with Crippen LogP contribution in [0.4, 0.5) is 0 Å². The molecule has 178 valence electrons. The highest BCUT2D eigenvalue weighted by molar-refractivity contribution is 8.15. The van der Waals surface area contributed by atoms with Gasteiger partial charge in [-0.15, -0.1) is 0 Å². The van der Waals surface area contributed by atoms with Gasteiger partial charge in [-0.3, -0.25) is 9.59 Å². The second-order valence-corrected chi connectivity index (χ2v) is 10.1. The van der Waals surface area contributed by atoms with Gasteiger partial charge >= 0.3 is 0 Å². The number of likely N-dealkylation sites (tertiary alicyclic amines) is 1. The van der Waals surface area contributed by atoms with E-state index in [1.165, 1.54) is 16.7 Å². The zero-order valence-electron chi connectivity index (χ0n) is 19.9. The van der Waals surface area contributed by atoms with E-state index in [0.717, 1.165) is 23.7 Å². The summed E-state index contributed by atoms with van der Waals surface area (Å²) in [5, 5.41) is -0.458. The molecular weight excluding hydrogens is 462 g/mol. The SMILES string of the molecule is O=C(SC1CC(Cc2ccc(-c3ccccc3)cc2)N(C=Cc2ccccc2)C1=O)c1ccccc1. The highest BCUT2D eigenvalue weighted by Crippen LogP contribution is 2.33. The Morgan fingerprint density at radius 3 is 2.03 bits per heavy atom. The van der Waals surface area contributed by atoms with Crippen molar-refractivity contribution >= 4 is 28.9 Å². The van der Waals surface area contributed by atoms with Gasteiger partial charge in [-0.2, -0.15) is 0 Å². The molecule has 0 aliphatic carbocycles. The van der Waals surface area contributed by atoms with Gasteiger partial charge in [0.2, 0.25) is 11.0 Å². The lowest BCUT2D eigenvalue weighted by atomic mass is 10.00. The van der Waals surface area contributed by atoms with Crippen molar-refractivity contribution in [2.24, 2.45) is 0 Å². The molecule has 1 amide bonds. The van der Waals surface area contributed by atoms with E-state index in [1.54, 1.807) is 12.1 Å². The second kappa shape index (κ2) is 11.2. The molecule has 3 nitrogen and oxygen atoms in total. The van der Waals surface area contributed by atoms with Crippen molar-refractivity contribution in [3.8, 4) is 11.1 Å². The Hall–Kier alpha value is -3.89. The van der Waals surface area contributed by atoms with Gasteiger partial charge in [0.1, 0.15) is 0 Å². The van der Waals surface area contributed by atoms with Crippen molar-refractivity contribution in [3.05, 3.63) is 138 Å². The van der Waals surface area contributed by atoms with Crippen molar-refractivity contribution in [2.45, 2.75) is 24.1 Å². The standard InChI is InChI=1S/C32H27NO2S/c34-31-30(36-32(35)28-14-8-3-9-15-28)23-29(33(31)21-20-24-10-4-1-5-11-24)22-25-16-18-27(19-17-25)26-12-6-2-7-13-26/h1-21,29-30H,22-23H2. The maximum absolute atomic E-state index is 13.4. The number of thioether (sulfide) groups is 1. The largest absolute Gasteiger partial charge is 0.315 e. The van der Waals surface area contributed by atoms with Crippen LogP contribution in [0, 0.1) is 0 Å². The van der Waals surface area contributed by atoms with Crippen LogP contribution in [-0.4, -0.2) is 27.2 Å². The normalized spacial score (nSPS) is 17.6. The number of carbonyl (C=O) groups excluding carboxylic acids is 2. The molecule has 1 saturated heterocycles. The second-order valence-electron chi connectivity index (χ2n) is 8.89. The van der Waals surface area contributed by atoms with E-state index in [2.05, 4.69) is 36.4 Å². The number of carbonyl (C=O) groups is 2. The summed E-state index contributed by atoms with van der Waals surface area (Å²) in [6.07, 6.45) is 5.21. The lowest BCUT2D eigenvalue weighted by molar-refractivity contribution is -0.126. The zero-order chi connectivity index (χ0) is 24.7. The summed E-state index contributed by atoms with van der Waals surface area (Å²) < 4.78 is 0. The van der Waals surface area contributed by atoms with Gasteiger partial charge in [0.15, 0.2) is 0 Å². The summed E-state index contributed by atoms with van der Waals surface area (Å²) in [4.78, 5) is 28.1. The first-order chi connectivity index (χ1) is 17.7. The Bertz CT molecular complexity index is 1340. The van der Waals surface area contributed by atoms with E-state index in [1.807, 2.05) is 83.9 Å². The first-order valence-electron chi connectivity index (χ1n) is 12.1. The molecule has 0 radical (unpaired) electrons. The minimum Gasteiger partial charge on any atom is -0.315 e. The fourth-order valence-corrected chi connectivity index (χ4v) is 5.59. The third-order valence-corrected chi connectivity index (χ3v) is 7.56. The van der Waals surface area contributed by atoms with Crippen LogP contribution in [0.25, 0.3) is 17.2 Å². The van der Waals surface area contributed by atoms with Crippen molar-refractivity contribution in [2.75, 3.05) is 0 Å². The van der Waals surface area contributed by atoms with Gasteiger partial charge in [-0.25, -0.2) is 0 Å². The molecule has 36 heavy (non-hydrogen) atoms. The van der Waals surface area contributed by atoms with Crippen LogP contribution in [0.15, 0.2) is 121 Å². The highest BCUT2D eigenvalue weighted by Gasteiger charge is 2.40. The van der Waals surface area contributed by atoms with Crippen LogP contribution < -0.4 is 0 Å². The summed E-state index contributed by atoms with van der Waals surface area (Å²) in [5.74, 6) is -0.0117. The summed E-state index contributed by atoms with van der Waals surface area (Å²) in [6.45, 7) is 0. The smallest absolute Gasteiger partial charge is 0.240 e. The molecule has 2 unspecified atom stereocenters. The van der Waals surface area contributed by atoms with Gasteiger partial charge in [0.25, 0.3) is 0 Å². The summed E-state index contributed by atoms with van der Waals surface area (Å²) in [7, 11) is 0. The minimum absolute atomic E-state index is 0.0117. The monoisotopic (exact) mass is 489 g/mol. The predicted octanol–water partition coefficient (Wildman–Crippen LogP) is 7.11. The quantitative estimate of drug-likeness (QED) is 0.278. The molecular formula is C32H27NO2S. The Morgan fingerprint density at radius 1 is 0.778 bits per heavy atom. The molecule has 1 aliphatic heterocycles. The number of amides is 1. The molecule has 5 rings (SSSR count). The number of nitrogens with zero attached hydrogens (tertiary/aromatic N) is 1. The van der Waals surface area contributed by atoms with Crippen LogP contribution in [0.5, 0.6) is 0 Å². The number of rotatable bonds is 7. The molecule has 0 bridgehead atoms. The van der Waals surface area contributed by atoms with Crippen LogP contribution in [0.1, 0.15) is 27.9 Å². The first-order valence-corrected chi connectivity index (χ1v) is 13.0. The molecule has 2 atom stereocenters. The third kappa shape index (κ3) is 5.67. The van der Waals surface area contributed by atoms with Crippen molar-refractivity contribution in [1.29, 1.82) is 0 Å². The molecule has 4 aromatic carbocycles. The Labute approximate surface area is 216 Å². The van der Waals surface area contributed by atoms with Crippen molar-refractivity contribution in [1.82, 2.24) is 4.90 Å². The van der Waals surface area contributed by atoms with Crippen LogP contribution in [-0.2, 0) is 11.2 Å². The molecule has 0 spiro atoms. The zero-order valence-corrected chi connectivity index (χ0v) is 20.7. The fourth-order valence-electron chi connectivity index (χ4n) is 4.52. The van der Waals surface area contributed by atoms with Crippen molar-refractivity contribution in [3.63, 3.8) is 0 Å². The van der Waals surface area contributed by atoms with Gasteiger partial charge in [-0.05, 0) is 41.2 Å². The molecule has 0 N–H and O–H groups in total. The van der Waals surface area contributed by atoms with E-state index >= 15 is 0 Å². The highest BCUT2D eigenvalue weighted by atomic mass is 32.2. The molecule has 4 aromatic rings. The minimum atomic E-state index is -0.397. The number of hydrogen-bond acceptors (Lipinski definition) is 3. The topological polar surface area (TPSA) is 37.4 Å². The lowest BCUT2D eigenvalue weighted by Gasteiger charge is -2.21. The van der Waals surface area contributed by atoms with Gasteiger partial charge < -0.3 is 4.90 Å². The van der Waals surface area contributed by atoms with Gasteiger partial charge in [-0.1, -0.05) is 127 Å². The Morgan fingerprint density at radius 2 is 1.36 bits per heavy atom. The Balaban J connectivity index is 1.35. The predicted molar refractivity (Wildman–Crippen MR) is 148 cm³/mol. The summed E-state index contributed by atoms with van der Waals surface area (Å²) in [5.41, 5.74) is 5.19. The van der Waals surface area contributed by atoms with Gasteiger partial charge in [0, 0.05) is 17.8 Å². The van der Waals surface area contributed by atoms with E-state index in [9.17, 15) is 9.59 Å². The summed E-state index contributed by atoms with van der Waals surface area (Å²) >= 11 is 1.14.